The Kier molecular flexibility index (Phi) is 9.05. The molecule has 0 saturated carbocycles. The summed E-state index contributed by atoms with van der Waals surface area (Å²) < 4.78 is 9.01. The molecular weight excluding hydrogens is 546 g/mol. The smallest absolute Gasteiger partial charge is 0.328 e. The molecule has 1 unspecified atom stereocenters. The van der Waals surface area contributed by atoms with Gasteiger partial charge in [0.15, 0.2) is 5.69 Å². The van der Waals surface area contributed by atoms with Gasteiger partial charge in [-0.05, 0) is 40.3 Å². The first-order chi connectivity index (χ1) is 20.5. The van der Waals surface area contributed by atoms with Gasteiger partial charge in [-0.25, -0.2) is 14.6 Å². The maximum Gasteiger partial charge on any atom is 0.328 e. The van der Waals surface area contributed by atoms with Crippen LogP contribution < -0.4 is 5.32 Å². The first kappa shape index (κ1) is 28.7. The second-order valence-electron chi connectivity index (χ2n) is 9.91. The molecule has 3 aromatic carbocycles. The van der Waals surface area contributed by atoms with Crippen LogP contribution in [0.2, 0.25) is 0 Å². The van der Waals surface area contributed by atoms with E-state index in [1.54, 1.807) is 18.1 Å². The van der Waals surface area contributed by atoms with E-state index < -0.39 is 12.0 Å². The fourth-order valence-electron chi connectivity index (χ4n) is 5.00. The lowest BCUT2D eigenvalue weighted by Gasteiger charge is -2.16. The largest absolute Gasteiger partial charge is 0.467 e. The van der Waals surface area contributed by atoms with E-state index in [9.17, 15) is 9.59 Å². The highest BCUT2D eigenvalue weighted by Gasteiger charge is 2.25. The van der Waals surface area contributed by atoms with Crippen molar-refractivity contribution in [2.24, 2.45) is 0 Å². The molecule has 1 amide bonds. The van der Waals surface area contributed by atoms with Gasteiger partial charge in [0.25, 0.3) is 5.91 Å². The highest BCUT2D eigenvalue weighted by atomic mass is 32.2. The van der Waals surface area contributed by atoms with Gasteiger partial charge in [0.1, 0.15) is 6.04 Å². The van der Waals surface area contributed by atoms with Crippen molar-refractivity contribution in [1.29, 1.82) is 0 Å². The summed E-state index contributed by atoms with van der Waals surface area (Å²) in [6.07, 6.45) is 9.85. The average Bonchev–Trinajstić information content (AvgIpc) is 3.65. The summed E-state index contributed by atoms with van der Waals surface area (Å²) in [6.45, 7) is 8.27. The first-order valence-corrected chi connectivity index (χ1v) is 14.9. The molecule has 2 heterocycles. The lowest BCUT2D eigenvalue weighted by Crippen LogP contribution is -2.42. The van der Waals surface area contributed by atoms with Crippen LogP contribution in [0.1, 0.15) is 28.0 Å². The number of hydrogen-bond donors (Lipinski definition) is 1. The van der Waals surface area contributed by atoms with Crippen LogP contribution in [0.4, 0.5) is 5.69 Å². The minimum Gasteiger partial charge on any atom is -0.467 e. The molecule has 1 N–H and O–H groups in total. The van der Waals surface area contributed by atoms with Gasteiger partial charge >= 0.3 is 5.97 Å². The van der Waals surface area contributed by atoms with Crippen molar-refractivity contribution in [3.63, 3.8) is 0 Å². The minimum absolute atomic E-state index is 0.332. The Balaban J connectivity index is 1.50. The molecule has 1 atom stereocenters. The zero-order valence-corrected chi connectivity index (χ0v) is 24.3. The standard InChI is InChI=1S/C33H31N5O3S/c1-34-25-13-11-23(12-14-25)18-38-22-35-17-26(38)19-37-20-29(28-10-6-8-24-7-4-5-9-27(24)28)30(21-37)32(39)36-31(15-16-42-3)33(40)41-2/h4-14,17,20-22,31H,15-16,18-19H2,2-3H3,(H,36,39). The maximum absolute atomic E-state index is 13.8. The van der Waals surface area contributed by atoms with Gasteiger partial charge < -0.3 is 19.2 Å². The highest BCUT2D eigenvalue weighted by molar-refractivity contribution is 7.98. The second kappa shape index (κ2) is 13.2. The van der Waals surface area contributed by atoms with Crippen molar-refractivity contribution < 1.29 is 14.3 Å². The third-order valence-electron chi connectivity index (χ3n) is 7.17. The number of thioether (sulfide) groups is 1. The third kappa shape index (κ3) is 6.40. The molecule has 0 aliphatic rings. The number of nitrogens with zero attached hydrogens (tertiary/aromatic N) is 4. The van der Waals surface area contributed by atoms with Crippen molar-refractivity contribution in [2.45, 2.75) is 25.6 Å². The predicted molar refractivity (Wildman–Crippen MR) is 167 cm³/mol. The van der Waals surface area contributed by atoms with Gasteiger partial charge in [-0.15, -0.1) is 0 Å². The van der Waals surface area contributed by atoms with Gasteiger partial charge in [0.2, 0.25) is 0 Å². The number of aromatic nitrogens is 3. The van der Waals surface area contributed by atoms with Crippen LogP contribution in [-0.4, -0.2) is 51.2 Å². The average molecular weight is 578 g/mol. The topological polar surface area (TPSA) is 82.5 Å². The zero-order valence-electron chi connectivity index (χ0n) is 23.5. The molecule has 0 bridgehead atoms. The van der Waals surface area contributed by atoms with Crippen LogP contribution in [-0.2, 0) is 22.6 Å². The summed E-state index contributed by atoms with van der Waals surface area (Å²) in [7, 11) is 1.33. The third-order valence-corrected chi connectivity index (χ3v) is 7.81. The van der Waals surface area contributed by atoms with E-state index in [1.165, 1.54) is 7.11 Å². The van der Waals surface area contributed by atoms with Gasteiger partial charge in [-0.2, -0.15) is 11.8 Å². The molecular formula is C33H31N5O3S. The number of rotatable bonds is 11. The number of ether oxygens (including phenoxy) is 1. The number of carbonyl (C=O) groups excluding carboxylic acids is 2. The normalized spacial score (nSPS) is 11.6. The molecule has 5 rings (SSSR count). The quantitative estimate of drug-likeness (QED) is 0.150. The fraction of sp³-hybridized carbons (Fsp3) is 0.212. The molecule has 42 heavy (non-hydrogen) atoms. The number of fused-ring (bicyclic) bond motifs is 1. The van der Waals surface area contributed by atoms with E-state index in [0.717, 1.165) is 33.2 Å². The summed E-state index contributed by atoms with van der Waals surface area (Å²) in [5.41, 5.74) is 4.81. The molecule has 9 heteroatoms. The molecule has 0 aliphatic carbocycles. The predicted octanol–water partition coefficient (Wildman–Crippen LogP) is 6.18. The van der Waals surface area contributed by atoms with Crippen molar-refractivity contribution in [2.75, 3.05) is 19.1 Å². The van der Waals surface area contributed by atoms with Crippen molar-refractivity contribution in [1.82, 2.24) is 19.4 Å². The number of nitrogens with one attached hydrogen (secondary N) is 1. The molecule has 8 nitrogen and oxygen atoms in total. The summed E-state index contributed by atoms with van der Waals surface area (Å²) in [4.78, 5) is 34.1. The Morgan fingerprint density at radius 3 is 2.57 bits per heavy atom. The number of methoxy groups -OCH3 is 1. The van der Waals surface area contributed by atoms with Crippen molar-refractivity contribution in [3.05, 3.63) is 120 Å². The summed E-state index contributed by atoms with van der Waals surface area (Å²) >= 11 is 1.61. The Bertz CT molecular complexity index is 1740. The molecule has 0 radical (unpaired) electrons. The Morgan fingerprint density at radius 2 is 1.81 bits per heavy atom. The highest BCUT2D eigenvalue weighted by Crippen LogP contribution is 2.32. The van der Waals surface area contributed by atoms with Gasteiger partial charge in [0.05, 0.1) is 37.8 Å². The summed E-state index contributed by atoms with van der Waals surface area (Å²) in [5.74, 6) is -0.0829. The van der Waals surface area contributed by atoms with Gasteiger partial charge in [-0.3, -0.25) is 4.79 Å². The fourth-order valence-corrected chi connectivity index (χ4v) is 5.47. The Labute approximate surface area is 249 Å². The van der Waals surface area contributed by atoms with Crippen molar-refractivity contribution in [3.8, 4) is 11.1 Å². The first-order valence-electron chi connectivity index (χ1n) is 13.5. The van der Waals surface area contributed by atoms with E-state index in [2.05, 4.69) is 31.8 Å². The summed E-state index contributed by atoms with van der Waals surface area (Å²) in [5, 5.41) is 5.03. The molecule has 0 fully saturated rings. The maximum atomic E-state index is 13.8. The molecule has 212 valence electrons. The van der Waals surface area contributed by atoms with Crippen molar-refractivity contribution >= 4 is 40.1 Å². The van der Waals surface area contributed by atoms with Crippen LogP contribution in [0, 0.1) is 6.57 Å². The number of esters is 1. The number of imidazole rings is 1. The number of hydrogen-bond acceptors (Lipinski definition) is 5. The van der Waals surface area contributed by atoms with E-state index in [1.807, 2.05) is 84.0 Å². The Morgan fingerprint density at radius 1 is 1.02 bits per heavy atom. The number of benzene rings is 3. The van der Waals surface area contributed by atoms with Crippen LogP contribution >= 0.6 is 11.8 Å². The number of carbonyl (C=O) groups is 2. The van der Waals surface area contributed by atoms with E-state index >= 15 is 0 Å². The lowest BCUT2D eigenvalue weighted by molar-refractivity contribution is -0.142. The SMILES string of the molecule is [C-]#[N+]c1ccc(Cn2cncc2Cn2cc(C(=O)NC(CCSC)C(=O)OC)c(-c3cccc4ccccc34)c2)cc1. The van der Waals surface area contributed by atoms with E-state index in [4.69, 9.17) is 11.3 Å². The van der Waals surface area contributed by atoms with E-state index in [0.29, 0.717) is 36.5 Å². The molecule has 0 spiro atoms. The Hall–Kier alpha value is -4.81. The van der Waals surface area contributed by atoms with Crippen LogP contribution in [0.3, 0.4) is 0 Å². The minimum atomic E-state index is -0.741. The zero-order chi connectivity index (χ0) is 29.5. The lowest BCUT2D eigenvalue weighted by atomic mass is 9.97. The number of amides is 1. The molecule has 0 aliphatic heterocycles. The van der Waals surface area contributed by atoms with Crippen LogP contribution in [0.5, 0.6) is 0 Å². The molecule has 5 aromatic rings. The van der Waals surface area contributed by atoms with Crippen LogP contribution in [0.15, 0.2) is 91.6 Å². The second-order valence-corrected chi connectivity index (χ2v) is 10.9. The van der Waals surface area contributed by atoms with E-state index in [-0.39, 0.29) is 5.91 Å². The van der Waals surface area contributed by atoms with Gasteiger partial charge in [-0.1, -0.05) is 66.7 Å². The molecule has 0 saturated heterocycles. The van der Waals surface area contributed by atoms with Gasteiger partial charge in [0, 0.05) is 30.7 Å². The molecule has 2 aromatic heterocycles. The van der Waals surface area contributed by atoms with Crippen LogP contribution in [0.25, 0.3) is 26.7 Å². The monoisotopic (exact) mass is 577 g/mol. The summed E-state index contributed by atoms with van der Waals surface area (Å²) in [6, 6.07) is 20.9.